The number of carbonyl (C=O) groups is 2. The van der Waals surface area contributed by atoms with Gasteiger partial charge in [-0.2, -0.15) is 0 Å². The van der Waals surface area contributed by atoms with Crippen LogP contribution in [0.25, 0.3) is 0 Å². The van der Waals surface area contributed by atoms with Crippen LogP contribution >= 0.6 is 15.9 Å². The highest BCUT2D eigenvalue weighted by molar-refractivity contribution is 9.10. The van der Waals surface area contributed by atoms with Crippen LogP contribution in [-0.2, 0) is 14.3 Å². The summed E-state index contributed by atoms with van der Waals surface area (Å²) < 4.78 is 6.40. The molecule has 1 atom stereocenters. The first kappa shape index (κ1) is 19.9. The van der Waals surface area contributed by atoms with Crippen molar-refractivity contribution in [2.45, 2.75) is 59.5 Å². The number of ether oxygens (including phenoxy) is 1. The molecule has 0 radical (unpaired) electrons. The Morgan fingerprint density at radius 1 is 1.26 bits per heavy atom. The van der Waals surface area contributed by atoms with Crippen LogP contribution in [0, 0.1) is 5.41 Å². The molecule has 5 heteroatoms. The number of rotatable bonds is 3. The summed E-state index contributed by atoms with van der Waals surface area (Å²) >= 11 is 3.61. The monoisotopic (exact) mass is 431 g/mol. The molecule has 0 amide bonds. The zero-order valence-corrected chi connectivity index (χ0v) is 18.1. The van der Waals surface area contributed by atoms with E-state index in [-0.39, 0.29) is 23.3 Å². The van der Waals surface area contributed by atoms with E-state index in [2.05, 4.69) is 35.1 Å². The van der Waals surface area contributed by atoms with E-state index in [0.29, 0.717) is 17.6 Å². The Morgan fingerprint density at radius 2 is 1.93 bits per heavy atom. The topological polar surface area (TPSA) is 55.4 Å². The first-order valence-electron chi connectivity index (χ1n) is 9.30. The van der Waals surface area contributed by atoms with E-state index in [9.17, 15) is 9.59 Å². The lowest BCUT2D eigenvalue weighted by Crippen LogP contribution is -2.39. The van der Waals surface area contributed by atoms with Crippen molar-refractivity contribution < 1.29 is 14.3 Å². The van der Waals surface area contributed by atoms with Crippen molar-refractivity contribution in [2.75, 3.05) is 0 Å². The molecule has 4 nitrogen and oxygen atoms in total. The van der Waals surface area contributed by atoms with Gasteiger partial charge in [0.1, 0.15) is 0 Å². The Morgan fingerprint density at radius 3 is 2.56 bits per heavy atom. The van der Waals surface area contributed by atoms with Crippen molar-refractivity contribution in [3.63, 3.8) is 0 Å². The van der Waals surface area contributed by atoms with Crippen LogP contribution in [0.5, 0.6) is 0 Å². The third kappa shape index (κ3) is 3.88. The summed E-state index contributed by atoms with van der Waals surface area (Å²) in [5, 5.41) is 3.35. The molecule has 27 heavy (non-hydrogen) atoms. The van der Waals surface area contributed by atoms with E-state index in [1.54, 1.807) is 0 Å². The van der Waals surface area contributed by atoms with Crippen LogP contribution in [0.1, 0.15) is 58.9 Å². The van der Waals surface area contributed by atoms with E-state index < -0.39 is 5.92 Å². The molecule has 2 aliphatic rings. The maximum atomic E-state index is 13.1. The summed E-state index contributed by atoms with van der Waals surface area (Å²) in [4.78, 5) is 26.1. The second-order valence-corrected chi connectivity index (χ2v) is 9.26. The minimum Gasteiger partial charge on any atom is -0.460 e. The van der Waals surface area contributed by atoms with E-state index in [1.165, 1.54) is 0 Å². The lowest BCUT2D eigenvalue weighted by atomic mass is 9.68. The Hall–Kier alpha value is -1.88. The number of carbonyl (C=O) groups excluding carboxylic acids is 2. The summed E-state index contributed by atoms with van der Waals surface area (Å²) in [5.74, 6) is -0.705. The van der Waals surface area contributed by atoms with Crippen molar-refractivity contribution in [3.05, 3.63) is 56.8 Å². The fraction of sp³-hybridized carbons (Fsp3) is 0.455. The number of allylic oxidation sites excluding steroid dienone is 3. The lowest BCUT2D eigenvalue weighted by Gasteiger charge is -2.39. The van der Waals surface area contributed by atoms with Gasteiger partial charge in [0.25, 0.3) is 0 Å². The van der Waals surface area contributed by atoms with Gasteiger partial charge in [-0.05, 0) is 44.2 Å². The average molecular weight is 432 g/mol. The fourth-order valence-electron chi connectivity index (χ4n) is 4.00. The van der Waals surface area contributed by atoms with Crippen molar-refractivity contribution in [2.24, 2.45) is 5.41 Å². The van der Waals surface area contributed by atoms with Gasteiger partial charge in [0.2, 0.25) is 0 Å². The minimum absolute atomic E-state index is 0.0943. The highest BCUT2D eigenvalue weighted by Gasteiger charge is 2.43. The van der Waals surface area contributed by atoms with Gasteiger partial charge in [0.15, 0.2) is 5.78 Å². The molecular weight excluding hydrogens is 406 g/mol. The molecule has 0 spiro atoms. The third-order valence-corrected chi connectivity index (χ3v) is 5.74. The first-order valence-corrected chi connectivity index (χ1v) is 10.1. The molecule has 1 aliphatic heterocycles. The summed E-state index contributed by atoms with van der Waals surface area (Å²) in [7, 11) is 0. The van der Waals surface area contributed by atoms with Gasteiger partial charge in [0.05, 0.1) is 11.7 Å². The van der Waals surface area contributed by atoms with Crippen LogP contribution in [0.15, 0.2) is 51.3 Å². The van der Waals surface area contributed by atoms with Gasteiger partial charge in [-0.25, -0.2) is 4.79 Å². The van der Waals surface area contributed by atoms with E-state index >= 15 is 0 Å². The van der Waals surface area contributed by atoms with Crippen LogP contribution in [0.2, 0.25) is 0 Å². The first-order chi connectivity index (χ1) is 12.6. The second-order valence-electron chi connectivity index (χ2n) is 8.41. The standard InChI is InChI=1S/C22H26BrNO3/c1-12(2)27-21(26)18-13(3)24-16-10-22(4,5)11-17(25)20(16)19(18)14-8-6-7-9-15(14)23/h6-9,12,19,24H,10-11H2,1-5H3/t19-/m1/s1. The predicted molar refractivity (Wildman–Crippen MR) is 109 cm³/mol. The molecule has 0 unspecified atom stereocenters. The maximum Gasteiger partial charge on any atom is 0.337 e. The third-order valence-electron chi connectivity index (χ3n) is 5.02. The Balaban J connectivity index is 2.19. The van der Waals surface area contributed by atoms with Crippen LogP contribution in [0.4, 0.5) is 0 Å². The SMILES string of the molecule is CC1=C(C(=O)OC(C)C)[C@@H](c2ccccc2Br)C2=C(CC(C)(C)CC2=O)N1. The number of nitrogens with one attached hydrogen (secondary N) is 1. The van der Waals surface area contributed by atoms with Crippen LogP contribution in [0.3, 0.4) is 0 Å². The van der Waals surface area contributed by atoms with E-state index in [4.69, 9.17) is 4.74 Å². The predicted octanol–water partition coefficient (Wildman–Crippen LogP) is 5.00. The molecular formula is C22H26BrNO3. The largest absolute Gasteiger partial charge is 0.460 e. The van der Waals surface area contributed by atoms with Crippen molar-refractivity contribution >= 4 is 27.7 Å². The molecule has 0 aromatic heterocycles. The smallest absolute Gasteiger partial charge is 0.337 e. The fourth-order valence-corrected chi connectivity index (χ4v) is 4.52. The Labute approximate surface area is 169 Å². The van der Waals surface area contributed by atoms with Crippen molar-refractivity contribution in [1.29, 1.82) is 0 Å². The number of halogens is 1. The number of Topliss-reactive ketones (excluding diaryl/α,β-unsaturated/α-hetero) is 1. The summed E-state index contributed by atoms with van der Waals surface area (Å²) in [6, 6.07) is 7.77. The summed E-state index contributed by atoms with van der Waals surface area (Å²) in [6.07, 6.45) is 1.02. The normalized spacial score (nSPS) is 21.9. The Bertz CT molecular complexity index is 864. The number of hydrogen-bond acceptors (Lipinski definition) is 4. The molecule has 0 saturated heterocycles. The van der Waals surface area contributed by atoms with Crippen molar-refractivity contribution in [1.82, 2.24) is 5.32 Å². The van der Waals surface area contributed by atoms with E-state index in [1.807, 2.05) is 45.0 Å². The molecule has 3 rings (SSSR count). The number of dihydropyridines is 1. The molecule has 144 valence electrons. The number of benzene rings is 1. The van der Waals surface area contributed by atoms with Gasteiger partial charge in [0, 0.05) is 33.8 Å². The summed E-state index contributed by atoms with van der Waals surface area (Å²) in [5.41, 5.74) is 3.71. The maximum absolute atomic E-state index is 13.1. The van der Waals surface area contributed by atoms with Crippen molar-refractivity contribution in [3.8, 4) is 0 Å². The highest BCUT2D eigenvalue weighted by atomic mass is 79.9. The molecule has 0 bridgehead atoms. The molecule has 0 saturated carbocycles. The molecule has 1 aromatic rings. The van der Waals surface area contributed by atoms with Gasteiger partial charge < -0.3 is 10.1 Å². The van der Waals surface area contributed by atoms with Crippen LogP contribution < -0.4 is 5.32 Å². The van der Waals surface area contributed by atoms with Crippen LogP contribution in [-0.4, -0.2) is 17.9 Å². The van der Waals surface area contributed by atoms with E-state index in [0.717, 1.165) is 27.9 Å². The highest BCUT2D eigenvalue weighted by Crippen LogP contribution is 2.48. The van der Waals surface area contributed by atoms with Gasteiger partial charge >= 0.3 is 5.97 Å². The minimum atomic E-state index is -0.424. The molecule has 1 aliphatic carbocycles. The molecule has 0 fully saturated rings. The number of hydrogen-bond donors (Lipinski definition) is 1. The van der Waals surface area contributed by atoms with Gasteiger partial charge in [-0.15, -0.1) is 0 Å². The van der Waals surface area contributed by atoms with Gasteiger partial charge in [-0.1, -0.05) is 48.0 Å². The molecule has 1 N–H and O–H groups in total. The number of ketones is 1. The lowest BCUT2D eigenvalue weighted by molar-refractivity contribution is -0.143. The summed E-state index contributed by atoms with van der Waals surface area (Å²) in [6.45, 7) is 9.75. The molecule has 1 heterocycles. The Kier molecular flexibility index (Phi) is 5.35. The quantitative estimate of drug-likeness (QED) is 0.683. The molecule has 1 aromatic carbocycles. The zero-order chi connectivity index (χ0) is 19.9. The second kappa shape index (κ2) is 7.27. The number of esters is 1. The average Bonchev–Trinajstić information content (AvgIpc) is 2.51. The zero-order valence-electron chi connectivity index (χ0n) is 16.5. The van der Waals surface area contributed by atoms with Gasteiger partial charge in [-0.3, -0.25) is 4.79 Å².